The molecule has 0 spiro atoms. The molecule has 0 radical (unpaired) electrons. The Bertz CT molecular complexity index is 792. The van der Waals surface area contributed by atoms with Crippen molar-refractivity contribution in [2.24, 2.45) is 0 Å². The van der Waals surface area contributed by atoms with Gasteiger partial charge in [-0.15, -0.1) is 0 Å². The van der Waals surface area contributed by atoms with Crippen LogP contribution in [0.3, 0.4) is 0 Å². The number of benzene rings is 2. The van der Waals surface area contributed by atoms with Crippen molar-refractivity contribution in [1.82, 2.24) is 4.98 Å². The Balaban J connectivity index is 1.91. The van der Waals surface area contributed by atoms with Crippen LogP contribution >= 0.6 is 0 Å². The summed E-state index contributed by atoms with van der Waals surface area (Å²) in [6.07, 6.45) is 1.66. The molecular weight excluding hydrogens is 255 g/mol. The standard InChI is InChI=1S/C16H13FN2O/c1-10-6-7-11(8-14(10)17)19-16(20)13-9-18-15-5-3-2-4-12(13)15/h2-9,18H,1H3,(H,19,20). The van der Waals surface area contributed by atoms with Crippen LogP contribution in [-0.2, 0) is 0 Å². The fourth-order valence-corrected chi connectivity index (χ4v) is 2.13. The minimum Gasteiger partial charge on any atom is -0.360 e. The van der Waals surface area contributed by atoms with Gasteiger partial charge in [0.05, 0.1) is 5.56 Å². The molecule has 0 bridgehead atoms. The van der Waals surface area contributed by atoms with Crippen LogP contribution in [0.5, 0.6) is 0 Å². The molecule has 0 atom stereocenters. The number of anilines is 1. The van der Waals surface area contributed by atoms with Gasteiger partial charge >= 0.3 is 0 Å². The van der Waals surface area contributed by atoms with E-state index in [1.165, 1.54) is 6.07 Å². The molecule has 1 aromatic heterocycles. The average molecular weight is 268 g/mol. The van der Waals surface area contributed by atoms with Crippen LogP contribution in [0.2, 0.25) is 0 Å². The number of H-pyrrole nitrogens is 1. The van der Waals surface area contributed by atoms with Gasteiger partial charge < -0.3 is 10.3 Å². The van der Waals surface area contributed by atoms with Crippen molar-refractivity contribution in [3.05, 3.63) is 65.6 Å². The second-order valence-corrected chi connectivity index (χ2v) is 4.67. The SMILES string of the molecule is Cc1ccc(NC(=O)c2c[nH]c3ccccc23)cc1F. The largest absolute Gasteiger partial charge is 0.360 e. The van der Waals surface area contributed by atoms with Crippen molar-refractivity contribution in [3.8, 4) is 0 Å². The maximum absolute atomic E-state index is 13.5. The van der Waals surface area contributed by atoms with E-state index in [2.05, 4.69) is 10.3 Å². The summed E-state index contributed by atoms with van der Waals surface area (Å²) < 4.78 is 13.5. The first-order valence-electron chi connectivity index (χ1n) is 6.29. The molecule has 100 valence electrons. The number of aryl methyl sites for hydroxylation is 1. The van der Waals surface area contributed by atoms with Crippen LogP contribution in [0, 0.1) is 12.7 Å². The summed E-state index contributed by atoms with van der Waals surface area (Å²) in [4.78, 5) is 15.3. The number of aromatic nitrogens is 1. The number of fused-ring (bicyclic) bond motifs is 1. The molecule has 0 saturated carbocycles. The average Bonchev–Trinajstić information content (AvgIpc) is 2.87. The van der Waals surface area contributed by atoms with Gasteiger partial charge in [-0.2, -0.15) is 0 Å². The number of carbonyl (C=O) groups excluding carboxylic acids is 1. The summed E-state index contributed by atoms with van der Waals surface area (Å²) in [6.45, 7) is 1.68. The van der Waals surface area contributed by atoms with Gasteiger partial charge in [0.2, 0.25) is 0 Å². The monoisotopic (exact) mass is 268 g/mol. The second-order valence-electron chi connectivity index (χ2n) is 4.67. The molecule has 0 fully saturated rings. The van der Waals surface area contributed by atoms with Crippen LogP contribution in [-0.4, -0.2) is 10.9 Å². The topological polar surface area (TPSA) is 44.9 Å². The van der Waals surface area contributed by atoms with Crippen LogP contribution < -0.4 is 5.32 Å². The zero-order valence-corrected chi connectivity index (χ0v) is 10.9. The molecular formula is C16H13FN2O. The number of nitrogens with one attached hydrogen (secondary N) is 2. The second kappa shape index (κ2) is 4.81. The third kappa shape index (κ3) is 2.16. The number of hydrogen-bond donors (Lipinski definition) is 2. The highest BCUT2D eigenvalue weighted by molar-refractivity contribution is 6.12. The molecule has 1 heterocycles. The molecule has 2 N–H and O–H groups in total. The lowest BCUT2D eigenvalue weighted by Gasteiger charge is -2.05. The Morgan fingerprint density at radius 1 is 1.20 bits per heavy atom. The molecule has 2 aromatic carbocycles. The number of hydrogen-bond acceptors (Lipinski definition) is 1. The van der Waals surface area contributed by atoms with Gasteiger partial charge in [0.15, 0.2) is 0 Å². The molecule has 0 aliphatic rings. The van der Waals surface area contributed by atoms with Crippen LogP contribution in [0.1, 0.15) is 15.9 Å². The third-order valence-corrected chi connectivity index (χ3v) is 3.26. The van der Waals surface area contributed by atoms with E-state index < -0.39 is 0 Å². The number of aromatic amines is 1. The molecule has 3 rings (SSSR count). The summed E-state index contributed by atoms with van der Waals surface area (Å²) in [5, 5.41) is 3.55. The van der Waals surface area contributed by atoms with E-state index in [9.17, 15) is 9.18 Å². The first-order chi connectivity index (χ1) is 9.65. The van der Waals surface area contributed by atoms with Gasteiger partial charge in [0.25, 0.3) is 5.91 Å². The Morgan fingerprint density at radius 2 is 2.00 bits per heavy atom. The molecule has 0 unspecified atom stereocenters. The molecule has 3 nitrogen and oxygen atoms in total. The molecule has 1 amide bonds. The highest BCUT2D eigenvalue weighted by Crippen LogP contribution is 2.20. The highest BCUT2D eigenvalue weighted by Gasteiger charge is 2.12. The van der Waals surface area contributed by atoms with Crippen molar-refractivity contribution < 1.29 is 9.18 Å². The lowest BCUT2D eigenvalue weighted by atomic mass is 10.1. The van der Waals surface area contributed by atoms with Crippen LogP contribution in [0.25, 0.3) is 10.9 Å². The Kier molecular flexibility index (Phi) is 2.99. The van der Waals surface area contributed by atoms with Gasteiger partial charge in [-0.1, -0.05) is 24.3 Å². The molecule has 0 aliphatic heterocycles. The van der Waals surface area contributed by atoms with Gasteiger partial charge in [0, 0.05) is 22.8 Å². The predicted molar refractivity (Wildman–Crippen MR) is 77.4 cm³/mol. The minimum atomic E-state index is -0.332. The zero-order valence-electron chi connectivity index (χ0n) is 10.9. The number of para-hydroxylation sites is 1. The fraction of sp³-hybridized carbons (Fsp3) is 0.0625. The van der Waals surface area contributed by atoms with E-state index in [0.29, 0.717) is 16.8 Å². The Morgan fingerprint density at radius 3 is 2.80 bits per heavy atom. The maximum atomic E-state index is 13.5. The van der Waals surface area contributed by atoms with E-state index in [1.807, 2.05) is 24.3 Å². The summed E-state index contributed by atoms with van der Waals surface area (Å²) >= 11 is 0. The third-order valence-electron chi connectivity index (χ3n) is 3.26. The van der Waals surface area contributed by atoms with Gasteiger partial charge in [-0.05, 0) is 30.7 Å². The molecule has 0 aliphatic carbocycles. The summed E-state index contributed by atoms with van der Waals surface area (Å²) in [5.41, 5.74) is 2.44. The predicted octanol–water partition coefficient (Wildman–Crippen LogP) is 3.87. The van der Waals surface area contributed by atoms with E-state index in [-0.39, 0.29) is 11.7 Å². The minimum absolute atomic E-state index is 0.259. The van der Waals surface area contributed by atoms with Crippen molar-refractivity contribution in [2.75, 3.05) is 5.32 Å². The van der Waals surface area contributed by atoms with E-state index in [4.69, 9.17) is 0 Å². The van der Waals surface area contributed by atoms with E-state index in [0.717, 1.165) is 10.9 Å². The number of rotatable bonds is 2. The first kappa shape index (κ1) is 12.4. The Hall–Kier alpha value is -2.62. The summed E-state index contributed by atoms with van der Waals surface area (Å²) in [5.74, 6) is -0.590. The first-order valence-corrected chi connectivity index (χ1v) is 6.29. The lowest BCUT2D eigenvalue weighted by Crippen LogP contribution is -2.11. The number of carbonyl (C=O) groups is 1. The van der Waals surface area contributed by atoms with Gasteiger partial charge in [-0.25, -0.2) is 4.39 Å². The van der Waals surface area contributed by atoms with E-state index >= 15 is 0 Å². The van der Waals surface area contributed by atoms with Crippen molar-refractivity contribution in [2.45, 2.75) is 6.92 Å². The maximum Gasteiger partial charge on any atom is 0.257 e. The van der Waals surface area contributed by atoms with Crippen LogP contribution in [0.4, 0.5) is 10.1 Å². The molecule has 4 heteroatoms. The molecule has 3 aromatic rings. The smallest absolute Gasteiger partial charge is 0.257 e. The van der Waals surface area contributed by atoms with Crippen molar-refractivity contribution in [3.63, 3.8) is 0 Å². The van der Waals surface area contributed by atoms with Gasteiger partial charge in [0.1, 0.15) is 5.82 Å². The normalized spacial score (nSPS) is 10.7. The van der Waals surface area contributed by atoms with Crippen molar-refractivity contribution >= 4 is 22.5 Å². The van der Waals surface area contributed by atoms with Gasteiger partial charge in [-0.3, -0.25) is 4.79 Å². The lowest BCUT2D eigenvalue weighted by molar-refractivity contribution is 0.102. The summed E-state index contributed by atoms with van der Waals surface area (Å²) in [7, 11) is 0. The number of halogens is 1. The fourth-order valence-electron chi connectivity index (χ4n) is 2.13. The van der Waals surface area contributed by atoms with E-state index in [1.54, 1.807) is 25.3 Å². The zero-order chi connectivity index (χ0) is 14.1. The van der Waals surface area contributed by atoms with Crippen LogP contribution in [0.15, 0.2) is 48.7 Å². The van der Waals surface area contributed by atoms with Crippen molar-refractivity contribution in [1.29, 1.82) is 0 Å². The summed E-state index contributed by atoms with van der Waals surface area (Å²) in [6, 6.07) is 12.2. The highest BCUT2D eigenvalue weighted by atomic mass is 19.1. The molecule has 20 heavy (non-hydrogen) atoms. The Labute approximate surface area is 115 Å². The number of amides is 1. The molecule has 0 saturated heterocycles. The quantitative estimate of drug-likeness (QED) is 0.728.